The predicted octanol–water partition coefficient (Wildman–Crippen LogP) is 0.468. The second kappa shape index (κ2) is 3.66. The van der Waals surface area contributed by atoms with Crippen molar-refractivity contribution in [1.29, 1.82) is 0 Å². The van der Waals surface area contributed by atoms with Crippen molar-refractivity contribution in [2.75, 3.05) is 0 Å². The number of aromatic amines is 1. The summed E-state index contributed by atoms with van der Waals surface area (Å²) < 4.78 is 0. The average Bonchev–Trinajstić information content (AvgIpc) is 2.66. The molecule has 0 saturated heterocycles. The van der Waals surface area contributed by atoms with Crippen molar-refractivity contribution < 1.29 is 4.79 Å². The Bertz CT molecular complexity index is 342. The molecule has 1 aliphatic carbocycles. The molecule has 4 N–H and O–H groups in total. The summed E-state index contributed by atoms with van der Waals surface area (Å²) >= 11 is 0. The van der Waals surface area contributed by atoms with Gasteiger partial charge in [-0.3, -0.25) is 4.79 Å². The summed E-state index contributed by atoms with van der Waals surface area (Å²) in [5, 5.41) is 2.87. The highest BCUT2D eigenvalue weighted by Gasteiger charge is 2.40. The van der Waals surface area contributed by atoms with E-state index < -0.39 is 5.54 Å². The number of aromatic nitrogens is 2. The largest absolute Gasteiger partial charge is 0.347 e. The van der Waals surface area contributed by atoms with Gasteiger partial charge in [-0.25, -0.2) is 4.98 Å². The van der Waals surface area contributed by atoms with Gasteiger partial charge >= 0.3 is 0 Å². The third kappa shape index (κ3) is 1.87. The van der Waals surface area contributed by atoms with Crippen LogP contribution in [0, 0.1) is 0 Å². The topological polar surface area (TPSA) is 83.8 Å². The summed E-state index contributed by atoms with van der Waals surface area (Å²) in [6.45, 7) is 1.89. The number of hydrogen-bond donors (Lipinski definition) is 3. The van der Waals surface area contributed by atoms with Crippen molar-refractivity contribution in [3.63, 3.8) is 0 Å². The molecule has 1 saturated carbocycles. The molecule has 0 aliphatic heterocycles. The van der Waals surface area contributed by atoms with Crippen molar-refractivity contribution >= 4 is 5.91 Å². The van der Waals surface area contributed by atoms with Crippen LogP contribution in [0.15, 0.2) is 12.4 Å². The first-order valence-electron chi connectivity index (χ1n) is 5.21. The first kappa shape index (κ1) is 10.2. The molecule has 1 atom stereocenters. The first-order valence-corrected chi connectivity index (χ1v) is 5.21. The fourth-order valence-electron chi connectivity index (χ4n) is 1.71. The Labute approximate surface area is 88.5 Å². The highest BCUT2D eigenvalue weighted by molar-refractivity contribution is 5.87. The minimum absolute atomic E-state index is 0.0716. The van der Waals surface area contributed by atoms with Crippen molar-refractivity contribution in [3.05, 3.63) is 18.2 Å². The number of nitrogens with two attached hydrogens (primary N) is 1. The van der Waals surface area contributed by atoms with Gasteiger partial charge in [0.05, 0.1) is 11.6 Å². The molecule has 0 radical (unpaired) electrons. The summed E-state index contributed by atoms with van der Waals surface area (Å²) in [7, 11) is 0. The van der Waals surface area contributed by atoms with E-state index in [1.54, 1.807) is 12.4 Å². The minimum atomic E-state index is -0.638. The smallest absolute Gasteiger partial charge is 0.240 e. The van der Waals surface area contributed by atoms with E-state index in [2.05, 4.69) is 15.3 Å². The molecule has 2 rings (SSSR count). The van der Waals surface area contributed by atoms with Gasteiger partial charge in [0.1, 0.15) is 5.82 Å². The molecule has 0 bridgehead atoms. The molecule has 0 spiro atoms. The van der Waals surface area contributed by atoms with Crippen LogP contribution in [-0.4, -0.2) is 21.4 Å². The van der Waals surface area contributed by atoms with Gasteiger partial charge in [0, 0.05) is 12.4 Å². The molecule has 1 unspecified atom stereocenters. The van der Waals surface area contributed by atoms with Gasteiger partial charge in [0.2, 0.25) is 5.91 Å². The Morgan fingerprint density at radius 3 is 2.93 bits per heavy atom. The zero-order valence-corrected chi connectivity index (χ0v) is 8.79. The molecule has 82 valence electrons. The molecule has 1 fully saturated rings. The van der Waals surface area contributed by atoms with E-state index in [1.807, 2.05) is 6.92 Å². The number of amides is 1. The number of H-pyrrole nitrogens is 1. The maximum absolute atomic E-state index is 11.8. The summed E-state index contributed by atoms with van der Waals surface area (Å²) in [5.41, 5.74) is 5.27. The Balaban J connectivity index is 1.94. The molecule has 1 heterocycles. The fourth-order valence-corrected chi connectivity index (χ4v) is 1.71. The third-order valence-corrected chi connectivity index (χ3v) is 2.98. The number of nitrogens with one attached hydrogen (secondary N) is 2. The van der Waals surface area contributed by atoms with Crippen LogP contribution in [-0.2, 0) is 4.79 Å². The minimum Gasteiger partial charge on any atom is -0.347 e. The monoisotopic (exact) mass is 208 g/mol. The van der Waals surface area contributed by atoms with Crippen LogP contribution in [0.2, 0.25) is 0 Å². The van der Waals surface area contributed by atoms with Crippen molar-refractivity contribution in [1.82, 2.24) is 15.3 Å². The number of rotatable bonds is 3. The maximum atomic E-state index is 11.8. The van der Waals surface area contributed by atoms with Crippen LogP contribution in [0.5, 0.6) is 0 Å². The summed E-state index contributed by atoms with van der Waals surface area (Å²) in [6.07, 6.45) is 6.01. The first-order chi connectivity index (χ1) is 7.12. The van der Waals surface area contributed by atoms with Crippen LogP contribution >= 0.6 is 0 Å². The lowest BCUT2D eigenvalue weighted by molar-refractivity contribution is -0.129. The third-order valence-electron chi connectivity index (χ3n) is 2.98. The standard InChI is InChI=1S/C10H16N4O/c1-7(8-12-5-6-13-8)14-9(15)10(11)3-2-4-10/h5-7H,2-4,11H2,1H3,(H,12,13)(H,14,15). The Morgan fingerprint density at radius 1 is 1.73 bits per heavy atom. The van der Waals surface area contributed by atoms with Crippen molar-refractivity contribution in [2.24, 2.45) is 5.73 Å². The van der Waals surface area contributed by atoms with Gasteiger partial charge in [0.15, 0.2) is 0 Å². The normalized spacial score (nSPS) is 20.4. The van der Waals surface area contributed by atoms with Crippen molar-refractivity contribution in [3.8, 4) is 0 Å². The lowest BCUT2D eigenvalue weighted by atomic mass is 9.77. The van der Waals surface area contributed by atoms with Gasteiger partial charge in [0.25, 0.3) is 0 Å². The molecule has 5 heteroatoms. The molecule has 15 heavy (non-hydrogen) atoms. The summed E-state index contributed by atoms with van der Waals surface area (Å²) in [4.78, 5) is 18.8. The predicted molar refractivity (Wildman–Crippen MR) is 55.9 cm³/mol. The van der Waals surface area contributed by atoms with E-state index in [0.29, 0.717) is 0 Å². The highest BCUT2D eigenvalue weighted by Crippen LogP contribution is 2.29. The van der Waals surface area contributed by atoms with E-state index in [1.165, 1.54) is 0 Å². The average molecular weight is 208 g/mol. The molecule has 0 aromatic carbocycles. The van der Waals surface area contributed by atoms with Crippen LogP contribution in [0.3, 0.4) is 0 Å². The van der Waals surface area contributed by atoms with Crippen LogP contribution < -0.4 is 11.1 Å². The van der Waals surface area contributed by atoms with E-state index in [-0.39, 0.29) is 11.9 Å². The Hall–Kier alpha value is -1.36. The number of carbonyl (C=O) groups excluding carboxylic acids is 1. The highest BCUT2D eigenvalue weighted by atomic mass is 16.2. The Kier molecular flexibility index (Phi) is 2.48. The second-order valence-corrected chi connectivity index (χ2v) is 4.18. The van der Waals surface area contributed by atoms with E-state index >= 15 is 0 Å². The van der Waals surface area contributed by atoms with Gasteiger partial charge in [-0.2, -0.15) is 0 Å². The molecular formula is C10H16N4O. The van der Waals surface area contributed by atoms with Gasteiger partial charge < -0.3 is 16.0 Å². The SMILES string of the molecule is CC(NC(=O)C1(N)CCC1)c1ncc[nH]1. The molecule has 1 aromatic rings. The molecule has 1 amide bonds. The number of hydrogen-bond acceptors (Lipinski definition) is 3. The van der Waals surface area contributed by atoms with Crippen LogP contribution in [0.4, 0.5) is 0 Å². The van der Waals surface area contributed by atoms with Crippen molar-refractivity contribution in [2.45, 2.75) is 37.8 Å². The quantitative estimate of drug-likeness (QED) is 0.675. The molecule has 1 aliphatic rings. The zero-order valence-electron chi connectivity index (χ0n) is 8.79. The fraction of sp³-hybridized carbons (Fsp3) is 0.600. The number of carbonyl (C=O) groups is 1. The van der Waals surface area contributed by atoms with Gasteiger partial charge in [-0.05, 0) is 26.2 Å². The number of nitrogens with zero attached hydrogens (tertiary/aromatic N) is 1. The lowest BCUT2D eigenvalue weighted by Gasteiger charge is -2.36. The van der Waals surface area contributed by atoms with Crippen LogP contribution in [0.25, 0.3) is 0 Å². The summed E-state index contributed by atoms with van der Waals surface area (Å²) in [5.74, 6) is 0.684. The molecule has 1 aromatic heterocycles. The number of imidazole rings is 1. The zero-order chi connectivity index (χ0) is 10.9. The molecular weight excluding hydrogens is 192 g/mol. The lowest BCUT2D eigenvalue weighted by Crippen LogP contribution is -2.58. The van der Waals surface area contributed by atoms with E-state index in [9.17, 15) is 4.79 Å². The van der Waals surface area contributed by atoms with Gasteiger partial charge in [-0.15, -0.1) is 0 Å². The van der Waals surface area contributed by atoms with Crippen LogP contribution in [0.1, 0.15) is 38.1 Å². The maximum Gasteiger partial charge on any atom is 0.240 e. The van der Waals surface area contributed by atoms with E-state index in [0.717, 1.165) is 25.1 Å². The molecule has 5 nitrogen and oxygen atoms in total. The Morgan fingerprint density at radius 2 is 2.47 bits per heavy atom. The van der Waals surface area contributed by atoms with Gasteiger partial charge in [-0.1, -0.05) is 0 Å². The van der Waals surface area contributed by atoms with E-state index in [4.69, 9.17) is 5.73 Å². The summed E-state index contributed by atoms with van der Waals surface area (Å²) in [6, 6.07) is -0.117. The second-order valence-electron chi connectivity index (χ2n) is 4.18.